The second-order valence-electron chi connectivity index (χ2n) is 21.1. The zero-order chi connectivity index (χ0) is 62.6. The lowest BCUT2D eigenvalue weighted by atomic mass is 9.99. The van der Waals surface area contributed by atoms with Gasteiger partial charge in [-0.1, -0.05) is 86.6 Å². The van der Waals surface area contributed by atoms with E-state index in [9.17, 15) is 53.1 Å². The molecule has 4 rings (SSSR count). The fourth-order valence-electron chi connectivity index (χ4n) is 9.39. The van der Waals surface area contributed by atoms with Gasteiger partial charge in [0, 0.05) is 51.9 Å². The third-order valence-corrected chi connectivity index (χ3v) is 13.6. The number of primary amides is 2. The van der Waals surface area contributed by atoms with Gasteiger partial charge in [-0.3, -0.25) is 57.9 Å². The van der Waals surface area contributed by atoms with Crippen LogP contribution in [0.1, 0.15) is 88.3 Å². The number of likely N-dealkylation sites (tertiary alicyclic amines) is 1. The molecule has 1 heterocycles. The van der Waals surface area contributed by atoms with Crippen molar-refractivity contribution in [2.24, 2.45) is 56.0 Å². The van der Waals surface area contributed by atoms with Gasteiger partial charge in [0.25, 0.3) is 0 Å². The van der Waals surface area contributed by atoms with Crippen molar-refractivity contribution in [3.05, 3.63) is 102 Å². The van der Waals surface area contributed by atoms with E-state index in [0.29, 0.717) is 23.1 Å². The van der Waals surface area contributed by atoms with E-state index in [-0.39, 0.29) is 114 Å². The minimum atomic E-state index is -1.51. The summed E-state index contributed by atoms with van der Waals surface area (Å²) in [6.07, 6.45) is -0.154. The number of rotatable bonds is 35. The van der Waals surface area contributed by atoms with Gasteiger partial charge in [-0.25, -0.2) is 0 Å². The summed E-state index contributed by atoms with van der Waals surface area (Å²) in [6, 6.07) is 13.0. The molecule has 1 aliphatic heterocycles. The molecule has 3 aromatic carbocycles. The van der Waals surface area contributed by atoms with Crippen LogP contribution in [-0.2, 0) is 67.2 Å². The maximum atomic E-state index is 14.8. The molecule has 462 valence electrons. The van der Waals surface area contributed by atoms with Gasteiger partial charge in [0.15, 0.2) is 11.9 Å². The molecule has 8 atom stereocenters. The van der Waals surface area contributed by atoms with Crippen LogP contribution in [0.5, 0.6) is 5.75 Å². The first-order valence-corrected chi connectivity index (χ1v) is 28.1. The number of nitrogens with one attached hydrogen (secondary N) is 7. The summed E-state index contributed by atoms with van der Waals surface area (Å²) in [7, 11) is 0. The second kappa shape index (κ2) is 34.9. The van der Waals surface area contributed by atoms with Crippen LogP contribution in [0.15, 0.2) is 94.9 Å². The highest BCUT2D eigenvalue weighted by atomic mass is 16.3. The number of amides is 10. The SMILES string of the molecule is CC(C)C[C@H](NC(=O)[C@H](Cc1ccccc1)NC(=O)[C@H](Cc1ccc(O)cc1)NC(=O)CCN)C(=O)N[C@@H](Cc1ccccc1)C(=O)N[C@@H](CCCN=C(N)N)C(=O)N1CCC[C@H]1C(=O)N[C@@H](CCCN=C(N)N)C(=O)N[C@@H](CC(N)=O)C(N)=O. The van der Waals surface area contributed by atoms with Gasteiger partial charge < -0.3 is 87.4 Å². The van der Waals surface area contributed by atoms with E-state index >= 15 is 0 Å². The number of guanidine groups is 2. The van der Waals surface area contributed by atoms with E-state index in [0.717, 1.165) is 0 Å². The van der Waals surface area contributed by atoms with E-state index in [1.807, 2.05) is 13.8 Å². The Morgan fingerprint density at radius 1 is 0.553 bits per heavy atom. The summed E-state index contributed by atoms with van der Waals surface area (Å²) in [4.78, 5) is 147. The fraction of sp³-hybridized carbons (Fsp3) is 0.474. The average Bonchev–Trinajstić information content (AvgIpc) is 3.76. The highest BCUT2D eigenvalue weighted by Crippen LogP contribution is 2.21. The average molecular weight is 1180 g/mol. The van der Waals surface area contributed by atoms with Gasteiger partial charge in [-0.05, 0) is 79.7 Å². The summed E-state index contributed by atoms with van der Waals surface area (Å²) in [5.74, 6) is -8.56. The molecule has 85 heavy (non-hydrogen) atoms. The smallest absolute Gasteiger partial charge is 0.245 e. The van der Waals surface area contributed by atoms with Crippen LogP contribution in [0, 0.1) is 5.92 Å². The summed E-state index contributed by atoms with van der Waals surface area (Å²) >= 11 is 0. The summed E-state index contributed by atoms with van der Waals surface area (Å²) < 4.78 is 0. The molecule has 3 aromatic rings. The molecule has 0 saturated carbocycles. The van der Waals surface area contributed by atoms with Crippen LogP contribution in [0.25, 0.3) is 0 Å². The molecule has 22 N–H and O–H groups in total. The quantitative estimate of drug-likeness (QED) is 0.0156. The van der Waals surface area contributed by atoms with Crippen molar-refractivity contribution in [2.75, 3.05) is 26.2 Å². The number of phenolic OH excluding ortho intramolecular Hbond substituents is 1. The molecule has 0 radical (unpaired) electrons. The van der Waals surface area contributed by atoms with Crippen molar-refractivity contribution in [1.29, 1.82) is 0 Å². The molecular formula is C57H83N17O11. The van der Waals surface area contributed by atoms with Gasteiger partial charge in [-0.2, -0.15) is 0 Å². The van der Waals surface area contributed by atoms with Gasteiger partial charge in [-0.15, -0.1) is 0 Å². The zero-order valence-electron chi connectivity index (χ0n) is 48.0. The van der Waals surface area contributed by atoms with Crippen LogP contribution in [-0.4, -0.2) is 156 Å². The normalized spacial score (nSPS) is 15.2. The Labute approximate surface area is 493 Å². The maximum Gasteiger partial charge on any atom is 0.245 e. The number of aliphatic imine (C=N–C) groups is 2. The van der Waals surface area contributed by atoms with Crippen molar-refractivity contribution in [3.63, 3.8) is 0 Å². The van der Waals surface area contributed by atoms with Gasteiger partial charge in [0.1, 0.15) is 54.1 Å². The second-order valence-corrected chi connectivity index (χ2v) is 21.1. The molecule has 1 aliphatic rings. The lowest BCUT2D eigenvalue weighted by molar-refractivity contribution is -0.142. The van der Waals surface area contributed by atoms with Crippen LogP contribution in [0.2, 0.25) is 0 Å². The third kappa shape index (κ3) is 24.2. The summed E-state index contributed by atoms with van der Waals surface area (Å²) in [6.45, 7) is 3.79. The number of aromatic hydroxyl groups is 1. The third-order valence-electron chi connectivity index (χ3n) is 13.6. The Morgan fingerprint density at radius 2 is 0.988 bits per heavy atom. The number of carbonyl (C=O) groups excluding carboxylic acids is 10. The number of hydrogen-bond donors (Lipinski definition) is 15. The lowest BCUT2D eigenvalue weighted by Crippen LogP contribution is -2.61. The molecule has 10 amide bonds. The number of benzene rings is 3. The van der Waals surface area contributed by atoms with Crippen molar-refractivity contribution in [1.82, 2.24) is 42.1 Å². The Morgan fingerprint density at radius 3 is 1.46 bits per heavy atom. The first-order chi connectivity index (χ1) is 40.4. The van der Waals surface area contributed by atoms with E-state index in [2.05, 4.69) is 47.2 Å². The molecule has 28 heteroatoms. The molecule has 1 fully saturated rings. The standard InChI is InChI=1S/C57H83N17O11/c1-33(2)28-41(71-53(83)44(30-35-14-7-4-8-15-35)73-51(81)42(67-47(77)23-24-58)31-36-19-21-37(75)22-20-36)50(80)72-43(29-34-12-5-3-6-13-34)52(82)69-39(17-10-26-66-57(63)64)55(85)74-27-11-18-45(74)54(84)68-38(16-9-25-65-56(61)62)49(79)70-40(48(60)78)32-46(59)76/h3-8,12-15,19-22,33,38-45,75H,9-11,16-18,23-32,58H2,1-2H3,(H2,59,76)(H2,60,78)(H,67,77)(H,68,84)(H,69,82)(H,70,79)(H,71,83)(H,72,80)(H,73,81)(H4,61,62,65)(H4,63,64,66)/t38-,39-,40-,41-,42-,43-,44-,45-/m0/s1. The molecule has 0 aliphatic carbocycles. The minimum absolute atomic E-state index is 0.00723. The van der Waals surface area contributed by atoms with Crippen LogP contribution in [0.3, 0.4) is 0 Å². The Bertz CT molecular complexity index is 2800. The monoisotopic (exact) mass is 1180 g/mol. The molecule has 1 saturated heterocycles. The highest BCUT2D eigenvalue weighted by molar-refractivity contribution is 5.99. The van der Waals surface area contributed by atoms with Crippen molar-refractivity contribution >= 4 is 71.0 Å². The van der Waals surface area contributed by atoms with Crippen LogP contribution < -0.4 is 77.4 Å². The Hall–Kier alpha value is -9.34. The van der Waals surface area contributed by atoms with E-state index in [1.54, 1.807) is 72.8 Å². The van der Waals surface area contributed by atoms with Crippen LogP contribution in [0.4, 0.5) is 0 Å². The number of hydrogen-bond acceptors (Lipinski definition) is 14. The summed E-state index contributed by atoms with van der Waals surface area (Å²) in [5, 5.41) is 28.8. The van der Waals surface area contributed by atoms with Crippen molar-refractivity contribution in [3.8, 4) is 5.75 Å². The molecule has 0 unspecified atom stereocenters. The van der Waals surface area contributed by atoms with E-state index < -0.39 is 114 Å². The van der Waals surface area contributed by atoms with E-state index in [1.165, 1.54) is 17.0 Å². The maximum absolute atomic E-state index is 14.8. The van der Waals surface area contributed by atoms with Crippen molar-refractivity contribution < 1.29 is 53.1 Å². The predicted molar refractivity (Wildman–Crippen MR) is 316 cm³/mol. The minimum Gasteiger partial charge on any atom is -0.508 e. The lowest BCUT2D eigenvalue weighted by Gasteiger charge is -2.31. The molecular weight excluding hydrogens is 1100 g/mol. The van der Waals surface area contributed by atoms with Gasteiger partial charge in [0.05, 0.1) is 6.42 Å². The largest absolute Gasteiger partial charge is 0.508 e. The number of nitrogens with zero attached hydrogens (tertiary/aromatic N) is 3. The number of carbonyl (C=O) groups is 10. The fourth-order valence-corrected chi connectivity index (χ4v) is 9.39. The number of nitrogens with two attached hydrogens (primary N) is 7. The summed E-state index contributed by atoms with van der Waals surface area (Å²) in [5.41, 5.74) is 40.3. The van der Waals surface area contributed by atoms with Crippen molar-refractivity contribution in [2.45, 2.75) is 139 Å². The van der Waals surface area contributed by atoms with Gasteiger partial charge >= 0.3 is 0 Å². The van der Waals surface area contributed by atoms with Crippen LogP contribution >= 0.6 is 0 Å². The Kier molecular flexibility index (Phi) is 28.0. The number of phenols is 1. The first kappa shape index (κ1) is 68.2. The highest BCUT2D eigenvalue weighted by Gasteiger charge is 2.40. The molecule has 0 aromatic heterocycles. The molecule has 0 spiro atoms. The zero-order valence-corrected chi connectivity index (χ0v) is 48.0. The Balaban J connectivity index is 1.65. The molecule has 0 bridgehead atoms. The predicted octanol–water partition coefficient (Wildman–Crippen LogP) is -3.33. The van der Waals surface area contributed by atoms with Gasteiger partial charge in [0.2, 0.25) is 59.1 Å². The first-order valence-electron chi connectivity index (χ1n) is 28.1. The van der Waals surface area contributed by atoms with E-state index in [4.69, 9.17) is 40.1 Å². The topological polar surface area (TPSA) is 485 Å². The molecule has 28 nitrogen and oxygen atoms in total.